The van der Waals surface area contributed by atoms with Crippen molar-refractivity contribution < 1.29 is 4.39 Å². The highest BCUT2D eigenvalue weighted by atomic mass is 19.1. The van der Waals surface area contributed by atoms with Crippen molar-refractivity contribution in [1.29, 1.82) is 0 Å². The fourth-order valence-electron chi connectivity index (χ4n) is 3.29. The SMILES string of the molecule is FC(CNC1CCc2ccccc2CC1)Cc1ccccc1. The summed E-state index contributed by atoms with van der Waals surface area (Å²) in [5, 5.41) is 3.44. The van der Waals surface area contributed by atoms with Crippen molar-refractivity contribution in [2.75, 3.05) is 6.54 Å². The van der Waals surface area contributed by atoms with Crippen molar-refractivity contribution in [3.05, 3.63) is 71.3 Å². The number of rotatable bonds is 5. The monoisotopic (exact) mass is 297 g/mol. The van der Waals surface area contributed by atoms with E-state index >= 15 is 0 Å². The van der Waals surface area contributed by atoms with Gasteiger partial charge in [-0.2, -0.15) is 0 Å². The van der Waals surface area contributed by atoms with Crippen molar-refractivity contribution >= 4 is 0 Å². The fraction of sp³-hybridized carbons (Fsp3) is 0.400. The predicted octanol–water partition coefficient (Wildman–Crippen LogP) is 4.10. The molecule has 22 heavy (non-hydrogen) atoms. The molecule has 2 aromatic rings. The number of fused-ring (bicyclic) bond motifs is 1. The lowest BCUT2D eigenvalue weighted by Crippen LogP contribution is -2.35. The molecule has 1 N–H and O–H groups in total. The molecule has 0 spiro atoms. The van der Waals surface area contributed by atoms with Gasteiger partial charge in [0.1, 0.15) is 6.17 Å². The third kappa shape index (κ3) is 4.17. The number of halogens is 1. The molecule has 1 aliphatic rings. The van der Waals surface area contributed by atoms with Crippen LogP contribution in [0.15, 0.2) is 54.6 Å². The van der Waals surface area contributed by atoms with Gasteiger partial charge in [0.05, 0.1) is 0 Å². The molecular weight excluding hydrogens is 273 g/mol. The first-order valence-corrected chi connectivity index (χ1v) is 8.29. The molecule has 0 bridgehead atoms. The number of hydrogen-bond acceptors (Lipinski definition) is 1. The second-order valence-corrected chi connectivity index (χ2v) is 6.24. The topological polar surface area (TPSA) is 12.0 Å². The summed E-state index contributed by atoms with van der Waals surface area (Å²) in [6, 6.07) is 19.0. The molecule has 2 heteroatoms. The lowest BCUT2D eigenvalue weighted by Gasteiger charge is -2.18. The van der Waals surface area contributed by atoms with Crippen LogP contribution < -0.4 is 5.32 Å². The van der Waals surface area contributed by atoms with E-state index in [-0.39, 0.29) is 0 Å². The van der Waals surface area contributed by atoms with E-state index in [0.717, 1.165) is 31.2 Å². The summed E-state index contributed by atoms with van der Waals surface area (Å²) in [5.41, 5.74) is 4.01. The summed E-state index contributed by atoms with van der Waals surface area (Å²) in [4.78, 5) is 0. The van der Waals surface area contributed by atoms with Gasteiger partial charge in [-0.3, -0.25) is 0 Å². The quantitative estimate of drug-likeness (QED) is 0.819. The minimum atomic E-state index is -0.812. The van der Waals surface area contributed by atoms with Crippen LogP contribution in [-0.4, -0.2) is 18.8 Å². The molecule has 0 heterocycles. The van der Waals surface area contributed by atoms with E-state index in [4.69, 9.17) is 0 Å². The lowest BCUT2D eigenvalue weighted by atomic mass is 10.0. The maximum Gasteiger partial charge on any atom is 0.116 e. The highest BCUT2D eigenvalue weighted by Crippen LogP contribution is 2.20. The second kappa shape index (κ2) is 7.55. The number of alkyl halides is 1. The molecule has 0 amide bonds. The Kier molecular flexibility index (Phi) is 5.23. The van der Waals surface area contributed by atoms with E-state index in [2.05, 4.69) is 29.6 Å². The zero-order valence-electron chi connectivity index (χ0n) is 13.0. The van der Waals surface area contributed by atoms with Crippen molar-refractivity contribution in [2.45, 2.75) is 44.3 Å². The Morgan fingerprint density at radius 1 is 0.909 bits per heavy atom. The van der Waals surface area contributed by atoms with Gasteiger partial charge in [0, 0.05) is 19.0 Å². The Bertz CT molecular complexity index is 554. The van der Waals surface area contributed by atoms with Gasteiger partial charge in [-0.25, -0.2) is 4.39 Å². The van der Waals surface area contributed by atoms with Crippen LogP contribution in [0.2, 0.25) is 0 Å². The van der Waals surface area contributed by atoms with Crippen LogP contribution in [0.1, 0.15) is 29.5 Å². The zero-order chi connectivity index (χ0) is 15.2. The Morgan fingerprint density at radius 3 is 2.14 bits per heavy atom. The first kappa shape index (κ1) is 15.2. The summed E-state index contributed by atoms with van der Waals surface area (Å²) in [7, 11) is 0. The Balaban J connectivity index is 1.46. The molecule has 1 unspecified atom stereocenters. The van der Waals surface area contributed by atoms with Crippen LogP contribution >= 0.6 is 0 Å². The maximum atomic E-state index is 14.1. The third-order valence-electron chi connectivity index (χ3n) is 4.57. The maximum absolute atomic E-state index is 14.1. The third-order valence-corrected chi connectivity index (χ3v) is 4.57. The second-order valence-electron chi connectivity index (χ2n) is 6.24. The summed E-state index contributed by atoms with van der Waals surface area (Å²) < 4.78 is 14.1. The van der Waals surface area contributed by atoms with Crippen molar-refractivity contribution in [3.63, 3.8) is 0 Å². The smallest absolute Gasteiger partial charge is 0.116 e. The predicted molar refractivity (Wildman–Crippen MR) is 89.9 cm³/mol. The number of aryl methyl sites for hydroxylation is 2. The summed E-state index contributed by atoms with van der Waals surface area (Å²) in [5.74, 6) is 0. The molecule has 1 atom stereocenters. The molecule has 0 fully saturated rings. The van der Waals surface area contributed by atoms with Gasteiger partial charge >= 0.3 is 0 Å². The average Bonchev–Trinajstić information content (AvgIpc) is 2.76. The molecule has 3 rings (SSSR count). The van der Waals surface area contributed by atoms with Crippen LogP contribution in [0.5, 0.6) is 0 Å². The molecular formula is C20H24FN. The highest BCUT2D eigenvalue weighted by Gasteiger charge is 2.17. The summed E-state index contributed by atoms with van der Waals surface area (Å²) in [6.07, 6.45) is 4.10. The van der Waals surface area contributed by atoms with Gasteiger partial charge in [0.25, 0.3) is 0 Å². The largest absolute Gasteiger partial charge is 0.311 e. The van der Waals surface area contributed by atoms with Gasteiger partial charge in [-0.05, 0) is 42.4 Å². The van der Waals surface area contributed by atoms with Gasteiger partial charge in [0.2, 0.25) is 0 Å². The molecule has 0 aromatic heterocycles. The van der Waals surface area contributed by atoms with Crippen LogP contribution in [0, 0.1) is 0 Å². The van der Waals surface area contributed by atoms with Crippen molar-refractivity contribution in [2.24, 2.45) is 0 Å². The van der Waals surface area contributed by atoms with Gasteiger partial charge in [0.15, 0.2) is 0 Å². The molecule has 1 nitrogen and oxygen atoms in total. The van der Waals surface area contributed by atoms with E-state index in [9.17, 15) is 4.39 Å². The first-order chi connectivity index (χ1) is 10.8. The van der Waals surface area contributed by atoms with Crippen molar-refractivity contribution in [1.82, 2.24) is 5.32 Å². The van der Waals surface area contributed by atoms with E-state index in [1.165, 1.54) is 11.1 Å². The van der Waals surface area contributed by atoms with Gasteiger partial charge in [-0.1, -0.05) is 54.6 Å². The average molecular weight is 297 g/mol. The van der Waals surface area contributed by atoms with E-state index in [1.54, 1.807) is 0 Å². The number of benzene rings is 2. The minimum absolute atomic E-state index is 0.432. The molecule has 2 aromatic carbocycles. The molecule has 1 aliphatic carbocycles. The Morgan fingerprint density at radius 2 is 1.50 bits per heavy atom. The summed E-state index contributed by atoms with van der Waals surface area (Å²) >= 11 is 0. The van der Waals surface area contributed by atoms with Gasteiger partial charge < -0.3 is 5.32 Å². The zero-order valence-corrected chi connectivity index (χ0v) is 13.0. The number of hydrogen-bond donors (Lipinski definition) is 1. The number of nitrogens with one attached hydrogen (secondary N) is 1. The van der Waals surface area contributed by atoms with Crippen LogP contribution in [0.3, 0.4) is 0 Å². The van der Waals surface area contributed by atoms with Crippen LogP contribution in [-0.2, 0) is 19.3 Å². The fourth-order valence-corrected chi connectivity index (χ4v) is 3.29. The van der Waals surface area contributed by atoms with Crippen LogP contribution in [0.4, 0.5) is 4.39 Å². The van der Waals surface area contributed by atoms with E-state index in [0.29, 0.717) is 19.0 Å². The van der Waals surface area contributed by atoms with E-state index < -0.39 is 6.17 Å². The molecule has 0 saturated heterocycles. The lowest BCUT2D eigenvalue weighted by molar-refractivity contribution is 0.297. The minimum Gasteiger partial charge on any atom is -0.311 e. The Hall–Kier alpha value is -1.67. The van der Waals surface area contributed by atoms with E-state index in [1.807, 2.05) is 30.3 Å². The highest BCUT2D eigenvalue weighted by molar-refractivity contribution is 5.28. The van der Waals surface area contributed by atoms with Crippen molar-refractivity contribution in [3.8, 4) is 0 Å². The molecule has 0 aliphatic heterocycles. The summed E-state index contributed by atoms with van der Waals surface area (Å²) in [6.45, 7) is 0.454. The van der Waals surface area contributed by atoms with Crippen LogP contribution in [0.25, 0.3) is 0 Å². The standard InChI is InChI=1S/C20H24FN/c21-19(14-16-6-2-1-3-7-16)15-22-20-12-10-17-8-4-5-9-18(17)11-13-20/h1-9,19-20,22H,10-15H2. The Labute approximate surface area is 132 Å². The normalized spacial score (nSPS) is 16.8. The first-order valence-electron chi connectivity index (χ1n) is 8.29. The molecule has 0 saturated carbocycles. The molecule has 116 valence electrons. The van der Waals surface area contributed by atoms with Gasteiger partial charge in [-0.15, -0.1) is 0 Å². The molecule has 0 radical (unpaired) electrons.